The summed E-state index contributed by atoms with van der Waals surface area (Å²) < 4.78 is 4.70. The number of ether oxygens (including phenoxy) is 1. The highest BCUT2D eigenvalue weighted by Crippen LogP contribution is 2.38. The van der Waals surface area contributed by atoms with Crippen LogP contribution in [0.3, 0.4) is 0 Å². The number of aliphatic hydroxyl groups excluding tert-OH is 1. The van der Waals surface area contributed by atoms with Gasteiger partial charge in [0.15, 0.2) is 0 Å². The van der Waals surface area contributed by atoms with Crippen LogP contribution < -0.4 is 0 Å². The number of benzene rings is 1. The Bertz CT molecular complexity index is 848. The molecule has 1 N–H and O–H groups in total. The molecule has 1 aromatic heterocycles. The molecule has 0 saturated heterocycles. The first kappa shape index (κ1) is 16.1. The summed E-state index contributed by atoms with van der Waals surface area (Å²) in [5.74, 6) is -2.97. The second-order valence-corrected chi connectivity index (χ2v) is 6.14. The number of carbonyl (C=O) groups is 3. The topological polar surface area (TPSA) is 80.7 Å². The first-order chi connectivity index (χ1) is 11.5. The molecule has 0 aliphatic heterocycles. The molecule has 2 aromatic rings. The molecule has 0 fully saturated rings. The number of carbonyl (C=O) groups excluding carboxylic acids is 3. The van der Waals surface area contributed by atoms with Crippen LogP contribution in [0.4, 0.5) is 0 Å². The van der Waals surface area contributed by atoms with Crippen molar-refractivity contribution in [1.29, 1.82) is 0 Å². The summed E-state index contributed by atoms with van der Waals surface area (Å²) in [6.45, 7) is 0. The number of esters is 1. The van der Waals surface area contributed by atoms with Crippen molar-refractivity contribution in [2.45, 2.75) is 12.3 Å². The largest absolute Gasteiger partial charge is 0.507 e. The smallest absolute Gasteiger partial charge is 0.306 e. The minimum absolute atomic E-state index is 0.0532. The van der Waals surface area contributed by atoms with Crippen molar-refractivity contribution in [3.63, 3.8) is 0 Å². The SMILES string of the molecule is COC(=O)C[C@@H](C1=C(O)c2ccccc2C(=O)C1=O)c1ccsc1. The molecule has 1 aliphatic carbocycles. The van der Waals surface area contributed by atoms with E-state index in [-0.39, 0.29) is 23.3 Å². The Morgan fingerprint density at radius 2 is 1.88 bits per heavy atom. The maximum Gasteiger partial charge on any atom is 0.306 e. The molecule has 1 aliphatic rings. The molecular weight excluding hydrogens is 328 g/mol. The van der Waals surface area contributed by atoms with Crippen LogP contribution in [-0.2, 0) is 14.3 Å². The third-order valence-electron chi connectivity index (χ3n) is 4.03. The number of rotatable bonds is 4. The van der Waals surface area contributed by atoms with Crippen molar-refractivity contribution >= 4 is 34.6 Å². The van der Waals surface area contributed by atoms with Crippen molar-refractivity contribution < 1.29 is 24.2 Å². The normalized spacial score (nSPS) is 15.2. The van der Waals surface area contributed by atoms with Gasteiger partial charge in [-0.05, 0) is 22.4 Å². The Labute approximate surface area is 142 Å². The summed E-state index contributed by atoms with van der Waals surface area (Å²) in [5, 5.41) is 14.2. The monoisotopic (exact) mass is 342 g/mol. The van der Waals surface area contributed by atoms with E-state index < -0.39 is 23.5 Å². The van der Waals surface area contributed by atoms with Crippen LogP contribution in [0, 0.1) is 0 Å². The van der Waals surface area contributed by atoms with Gasteiger partial charge in [0.25, 0.3) is 0 Å². The van der Waals surface area contributed by atoms with Crippen molar-refractivity contribution in [2.75, 3.05) is 7.11 Å². The van der Waals surface area contributed by atoms with Crippen LogP contribution in [0.2, 0.25) is 0 Å². The first-order valence-corrected chi connectivity index (χ1v) is 8.19. The van der Waals surface area contributed by atoms with Gasteiger partial charge in [-0.2, -0.15) is 11.3 Å². The van der Waals surface area contributed by atoms with Crippen LogP contribution in [0.5, 0.6) is 0 Å². The standard InChI is InChI=1S/C18H14O5S/c1-23-14(19)8-13(10-6-7-24-9-10)15-16(20)11-4-2-3-5-12(11)17(21)18(15)22/h2-7,9,13,20H,8H2,1H3/t13-/m1/s1. The summed E-state index contributed by atoms with van der Waals surface area (Å²) in [6, 6.07) is 8.15. The van der Waals surface area contributed by atoms with E-state index in [4.69, 9.17) is 4.74 Å². The minimum atomic E-state index is -0.786. The fourth-order valence-corrected chi connectivity index (χ4v) is 3.53. The number of allylic oxidation sites excluding steroid dienone is 1. The number of Topliss-reactive ketones (excluding diaryl/α,β-unsaturated/α-hetero) is 2. The average molecular weight is 342 g/mol. The Kier molecular flexibility index (Phi) is 4.31. The van der Waals surface area contributed by atoms with Crippen molar-refractivity contribution in [2.24, 2.45) is 0 Å². The lowest BCUT2D eigenvalue weighted by atomic mass is 9.79. The lowest BCUT2D eigenvalue weighted by Crippen LogP contribution is -2.28. The highest BCUT2D eigenvalue weighted by atomic mass is 32.1. The summed E-state index contributed by atoms with van der Waals surface area (Å²) in [7, 11) is 1.25. The molecule has 0 saturated carbocycles. The minimum Gasteiger partial charge on any atom is -0.507 e. The van der Waals surface area contributed by atoms with Crippen molar-refractivity contribution in [1.82, 2.24) is 0 Å². The molecule has 122 valence electrons. The Morgan fingerprint density at radius 3 is 2.50 bits per heavy atom. The molecule has 5 nitrogen and oxygen atoms in total. The average Bonchev–Trinajstić information content (AvgIpc) is 3.13. The molecule has 1 heterocycles. The van der Waals surface area contributed by atoms with Gasteiger partial charge < -0.3 is 9.84 Å². The van der Waals surface area contributed by atoms with Crippen LogP contribution in [0.1, 0.15) is 33.8 Å². The van der Waals surface area contributed by atoms with Crippen LogP contribution in [0.25, 0.3) is 5.76 Å². The van der Waals surface area contributed by atoms with E-state index in [9.17, 15) is 19.5 Å². The number of aliphatic hydroxyl groups is 1. The van der Waals surface area contributed by atoms with E-state index in [2.05, 4.69) is 0 Å². The maximum absolute atomic E-state index is 12.6. The Balaban J connectivity index is 2.17. The molecule has 0 radical (unpaired) electrons. The van der Waals surface area contributed by atoms with Gasteiger partial charge in [0.2, 0.25) is 11.6 Å². The molecule has 1 atom stereocenters. The third-order valence-corrected chi connectivity index (χ3v) is 4.73. The molecule has 3 rings (SSSR count). The molecule has 1 aromatic carbocycles. The van der Waals surface area contributed by atoms with Crippen molar-refractivity contribution in [3.05, 3.63) is 63.4 Å². The summed E-state index contributed by atoms with van der Waals surface area (Å²) in [4.78, 5) is 36.8. The highest BCUT2D eigenvalue weighted by Gasteiger charge is 2.38. The zero-order chi connectivity index (χ0) is 17.3. The van der Waals surface area contributed by atoms with Gasteiger partial charge in [-0.25, -0.2) is 0 Å². The zero-order valence-corrected chi connectivity index (χ0v) is 13.6. The Morgan fingerprint density at radius 1 is 1.17 bits per heavy atom. The molecule has 0 amide bonds. The summed E-state index contributed by atoms with van der Waals surface area (Å²) >= 11 is 1.40. The molecule has 0 bridgehead atoms. The van der Waals surface area contributed by atoms with E-state index in [1.54, 1.807) is 35.0 Å². The number of methoxy groups -OCH3 is 1. The number of hydrogen-bond donors (Lipinski definition) is 1. The Hall–Kier alpha value is -2.73. The predicted molar refractivity (Wildman–Crippen MR) is 89.0 cm³/mol. The van der Waals surface area contributed by atoms with Gasteiger partial charge in [-0.15, -0.1) is 0 Å². The second-order valence-electron chi connectivity index (χ2n) is 5.36. The van der Waals surface area contributed by atoms with Gasteiger partial charge in [-0.3, -0.25) is 14.4 Å². The van der Waals surface area contributed by atoms with E-state index in [0.29, 0.717) is 11.1 Å². The molecular formula is C18H14O5S. The molecule has 24 heavy (non-hydrogen) atoms. The predicted octanol–water partition coefficient (Wildman–Crippen LogP) is 3.13. The third kappa shape index (κ3) is 2.65. The fourth-order valence-electron chi connectivity index (χ4n) is 2.82. The maximum atomic E-state index is 12.6. The highest BCUT2D eigenvalue weighted by molar-refractivity contribution is 7.08. The number of fused-ring (bicyclic) bond motifs is 1. The van der Waals surface area contributed by atoms with Gasteiger partial charge in [0.05, 0.1) is 19.1 Å². The van der Waals surface area contributed by atoms with Gasteiger partial charge in [0, 0.05) is 17.0 Å². The number of thiophene rings is 1. The van der Waals surface area contributed by atoms with Crippen LogP contribution in [-0.4, -0.2) is 29.8 Å². The quantitative estimate of drug-likeness (QED) is 0.682. The molecule has 0 spiro atoms. The first-order valence-electron chi connectivity index (χ1n) is 7.25. The number of ketones is 2. The van der Waals surface area contributed by atoms with Crippen molar-refractivity contribution in [3.8, 4) is 0 Å². The van der Waals surface area contributed by atoms with Gasteiger partial charge >= 0.3 is 5.97 Å². The second kappa shape index (κ2) is 6.41. The lowest BCUT2D eigenvalue weighted by molar-refractivity contribution is -0.140. The molecule has 6 heteroatoms. The van der Waals surface area contributed by atoms with E-state index in [1.807, 2.05) is 0 Å². The number of hydrogen-bond acceptors (Lipinski definition) is 6. The lowest BCUT2D eigenvalue weighted by Gasteiger charge is -2.23. The van der Waals surface area contributed by atoms with Gasteiger partial charge in [0.1, 0.15) is 5.76 Å². The molecule has 0 unspecified atom stereocenters. The van der Waals surface area contributed by atoms with E-state index >= 15 is 0 Å². The fraction of sp³-hybridized carbons (Fsp3) is 0.167. The van der Waals surface area contributed by atoms with Crippen LogP contribution >= 0.6 is 11.3 Å². The summed E-state index contributed by atoms with van der Waals surface area (Å²) in [6.07, 6.45) is -0.131. The van der Waals surface area contributed by atoms with Gasteiger partial charge in [-0.1, -0.05) is 24.3 Å². The summed E-state index contributed by atoms with van der Waals surface area (Å²) in [5.41, 5.74) is 1.11. The zero-order valence-electron chi connectivity index (χ0n) is 12.8. The van der Waals surface area contributed by atoms with Crippen LogP contribution in [0.15, 0.2) is 46.7 Å². The van der Waals surface area contributed by atoms with E-state index in [1.165, 1.54) is 24.5 Å². The van der Waals surface area contributed by atoms with E-state index in [0.717, 1.165) is 0 Å².